The molecular formula is C27H36BrN5O3. The van der Waals surface area contributed by atoms with Crippen molar-refractivity contribution in [3.05, 3.63) is 52.1 Å². The fraction of sp³-hybridized carbons (Fsp3) is 0.444. The van der Waals surface area contributed by atoms with Crippen molar-refractivity contribution in [1.82, 2.24) is 10.2 Å². The van der Waals surface area contributed by atoms with E-state index in [2.05, 4.69) is 46.3 Å². The van der Waals surface area contributed by atoms with E-state index in [-0.39, 0.29) is 23.7 Å². The van der Waals surface area contributed by atoms with Gasteiger partial charge in [-0.1, -0.05) is 20.8 Å². The minimum absolute atomic E-state index is 0.0212. The van der Waals surface area contributed by atoms with Gasteiger partial charge in [0.2, 0.25) is 0 Å². The number of ketones is 1. The van der Waals surface area contributed by atoms with Crippen LogP contribution in [-0.4, -0.2) is 71.3 Å². The van der Waals surface area contributed by atoms with Crippen molar-refractivity contribution in [2.24, 2.45) is 4.02 Å². The molecule has 9 heteroatoms. The molecule has 0 saturated heterocycles. The number of carbonyl (C=O) groups is 2. The Balaban J connectivity index is 2.01. The largest absolute Gasteiger partial charge is 0.494 e. The van der Waals surface area contributed by atoms with E-state index in [0.29, 0.717) is 23.5 Å². The van der Waals surface area contributed by atoms with Gasteiger partial charge in [-0.25, -0.2) is 0 Å². The maximum atomic E-state index is 13.6. The van der Waals surface area contributed by atoms with Crippen LogP contribution in [0.15, 0.2) is 28.3 Å². The number of amidine groups is 1. The molecule has 8 nitrogen and oxygen atoms in total. The second-order valence-electron chi connectivity index (χ2n) is 10.4. The first-order valence-electron chi connectivity index (χ1n) is 11.8. The molecular weight excluding hydrogens is 522 g/mol. The van der Waals surface area contributed by atoms with Crippen molar-refractivity contribution in [2.75, 3.05) is 58.7 Å². The maximum Gasteiger partial charge on any atom is 0.253 e. The topological polar surface area (TPSA) is 77.5 Å². The standard InChI is InChI=1S/C27H36BrN5O3/c1-27(2,3)20-10-16(11-22(32(7)8)24(20)36-9)23(34)15-33-14-17-12-21(31(5)6)19(26(35)29-4)13-18(17)25(33)30-28/h10-13H,14-15H2,1-9H3,(H,29,35). The fourth-order valence-electron chi connectivity index (χ4n) is 4.48. The van der Waals surface area contributed by atoms with Gasteiger partial charge in [-0.15, -0.1) is 0 Å². The van der Waals surface area contributed by atoms with Crippen molar-refractivity contribution in [3.8, 4) is 5.75 Å². The Kier molecular flexibility index (Phi) is 8.03. The predicted octanol–water partition coefficient (Wildman–Crippen LogP) is 4.24. The van der Waals surface area contributed by atoms with Crippen LogP contribution in [0, 0.1) is 0 Å². The third-order valence-corrected chi connectivity index (χ3v) is 6.71. The van der Waals surface area contributed by atoms with Crippen molar-refractivity contribution < 1.29 is 14.3 Å². The van der Waals surface area contributed by atoms with Crippen molar-refractivity contribution in [3.63, 3.8) is 0 Å². The summed E-state index contributed by atoms with van der Waals surface area (Å²) in [7, 11) is 11.0. The van der Waals surface area contributed by atoms with E-state index in [9.17, 15) is 9.59 Å². The second kappa shape index (κ2) is 10.5. The number of halogens is 1. The summed E-state index contributed by atoms with van der Waals surface area (Å²) in [5.74, 6) is 1.21. The molecule has 0 fully saturated rings. The van der Waals surface area contributed by atoms with Gasteiger partial charge in [0.05, 0.1) is 41.1 Å². The van der Waals surface area contributed by atoms with Gasteiger partial charge in [-0.05, 0) is 35.2 Å². The van der Waals surface area contributed by atoms with Crippen LogP contribution in [0.1, 0.15) is 58.2 Å². The zero-order valence-corrected chi connectivity index (χ0v) is 24.2. The van der Waals surface area contributed by atoms with Crippen LogP contribution in [0.25, 0.3) is 0 Å². The Morgan fingerprint density at radius 3 is 2.22 bits per heavy atom. The highest BCUT2D eigenvalue weighted by atomic mass is 79.9. The Labute approximate surface area is 222 Å². The summed E-state index contributed by atoms with van der Waals surface area (Å²) in [5.41, 5.74) is 5.47. The zero-order valence-electron chi connectivity index (χ0n) is 22.6. The van der Waals surface area contributed by atoms with E-state index in [1.54, 1.807) is 14.2 Å². The van der Waals surface area contributed by atoms with Crippen LogP contribution in [0.4, 0.5) is 11.4 Å². The quantitative estimate of drug-likeness (QED) is 0.513. The number of nitrogens with one attached hydrogen (secondary N) is 1. The van der Waals surface area contributed by atoms with Crippen molar-refractivity contribution in [2.45, 2.75) is 32.7 Å². The summed E-state index contributed by atoms with van der Waals surface area (Å²) in [6.07, 6.45) is 0. The molecule has 0 bridgehead atoms. The third-order valence-electron chi connectivity index (χ3n) is 6.38. The molecule has 3 rings (SSSR count). The van der Waals surface area contributed by atoms with Gasteiger partial charge in [0.25, 0.3) is 5.91 Å². The first kappa shape index (κ1) is 27.5. The lowest BCUT2D eigenvalue weighted by atomic mass is 9.84. The zero-order chi connectivity index (χ0) is 26.9. The smallest absolute Gasteiger partial charge is 0.253 e. The summed E-state index contributed by atoms with van der Waals surface area (Å²) in [6, 6.07) is 7.68. The van der Waals surface area contributed by atoms with Crippen LogP contribution in [0.3, 0.4) is 0 Å². The molecule has 0 aliphatic carbocycles. The number of ether oxygens (including phenoxy) is 1. The number of methoxy groups -OCH3 is 1. The molecule has 1 aliphatic rings. The highest BCUT2D eigenvalue weighted by Gasteiger charge is 2.31. The average Bonchev–Trinajstić information content (AvgIpc) is 3.16. The van der Waals surface area contributed by atoms with Crippen LogP contribution < -0.4 is 19.9 Å². The van der Waals surface area contributed by atoms with Crippen LogP contribution >= 0.6 is 16.1 Å². The Morgan fingerprint density at radius 1 is 1.08 bits per heavy atom. The molecule has 2 aromatic rings. The third kappa shape index (κ3) is 5.21. The van der Waals surface area contributed by atoms with E-state index in [4.69, 9.17) is 4.74 Å². The molecule has 2 aromatic carbocycles. The van der Waals surface area contributed by atoms with E-state index >= 15 is 0 Å². The van der Waals surface area contributed by atoms with E-state index in [1.165, 1.54) is 0 Å². The molecule has 1 aliphatic heterocycles. The second-order valence-corrected chi connectivity index (χ2v) is 10.8. The van der Waals surface area contributed by atoms with E-state index in [1.807, 2.05) is 67.2 Å². The van der Waals surface area contributed by atoms with Crippen LogP contribution in [0.2, 0.25) is 0 Å². The lowest BCUT2D eigenvalue weighted by Gasteiger charge is -2.27. The van der Waals surface area contributed by atoms with E-state index in [0.717, 1.165) is 33.8 Å². The fourth-order valence-corrected chi connectivity index (χ4v) is 4.90. The van der Waals surface area contributed by atoms with Gasteiger partial charge in [0.1, 0.15) is 11.6 Å². The molecule has 0 atom stereocenters. The molecule has 1 amide bonds. The lowest BCUT2D eigenvalue weighted by Crippen LogP contribution is -2.31. The molecule has 0 radical (unpaired) electrons. The van der Waals surface area contributed by atoms with E-state index < -0.39 is 0 Å². The normalized spacial score (nSPS) is 14.1. The maximum absolute atomic E-state index is 13.6. The van der Waals surface area contributed by atoms with Gasteiger partial charge < -0.3 is 24.8 Å². The van der Waals surface area contributed by atoms with Crippen LogP contribution in [-0.2, 0) is 12.0 Å². The Bertz CT molecular complexity index is 1210. The minimum Gasteiger partial charge on any atom is -0.494 e. The van der Waals surface area contributed by atoms with Crippen LogP contribution in [0.5, 0.6) is 5.75 Å². The number of amides is 1. The highest BCUT2D eigenvalue weighted by molar-refractivity contribution is 9.08. The molecule has 1 N–H and O–H groups in total. The number of rotatable bonds is 7. The van der Waals surface area contributed by atoms with Crippen molar-refractivity contribution >= 4 is 45.0 Å². The average molecular weight is 559 g/mol. The predicted molar refractivity (Wildman–Crippen MR) is 150 cm³/mol. The first-order valence-corrected chi connectivity index (χ1v) is 12.5. The molecule has 0 aromatic heterocycles. The van der Waals surface area contributed by atoms with Gasteiger partial charge >= 0.3 is 0 Å². The molecule has 0 unspecified atom stereocenters. The SMILES string of the molecule is CNC(=O)c1cc2c(cc1N(C)C)CN(CC(=O)c1cc(N(C)C)c(OC)c(C(C)(C)C)c1)C2=NBr. The Morgan fingerprint density at radius 2 is 1.72 bits per heavy atom. The Hall–Kier alpha value is -3.07. The van der Waals surface area contributed by atoms with Gasteiger partial charge in [0.15, 0.2) is 5.78 Å². The number of hydrogen-bond donors (Lipinski definition) is 1. The number of hydrogen-bond acceptors (Lipinski definition) is 6. The number of anilines is 2. The molecule has 1 heterocycles. The van der Waals surface area contributed by atoms with Gasteiger partial charge in [-0.3, -0.25) is 9.59 Å². The lowest BCUT2D eigenvalue weighted by molar-refractivity contribution is 0.0955. The highest BCUT2D eigenvalue weighted by Crippen LogP contribution is 2.40. The summed E-state index contributed by atoms with van der Waals surface area (Å²) in [4.78, 5) is 32.0. The van der Waals surface area contributed by atoms with Crippen molar-refractivity contribution in [1.29, 1.82) is 0 Å². The first-order chi connectivity index (χ1) is 16.8. The molecule has 36 heavy (non-hydrogen) atoms. The number of nitrogens with zero attached hydrogens (tertiary/aromatic N) is 4. The van der Waals surface area contributed by atoms with Gasteiger partial charge in [0, 0.05) is 64.2 Å². The number of benzene rings is 2. The number of carbonyl (C=O) groups excluding carboxylic acids is 2. The monoisotopic (exact) mass is 557 g/mol. The molecule has 0 saturated carbocycles. The number of Topliss-reactive ketones (excluding diaryl/α,β-unsaturated/α-hetero) is 1. The molecule has 194 valence electrons. The number of fused-ring (bicyclic) bond motifs is 1. The summed E-state index contributed by atoms with van der Waals surface area (Å²) < 4.78 is 10.1. The van der Waals surface area contributed by atoms with Gasteiger partial charge in [-0.2, -0.15) is 4.02 Å². The summed E-state index contributed by atoms with van der Waals surface area (Å²) in [6.45, 7) is 6.99. The minimum atomic E-state index is -0.211. The summed E-state index contributed by atoms with van der Waals surface area (Å²) >= 11 is 3.25. The molecule has 0 spiro atoms. The summed E-state index contributed by atoms with van der Waals surface area (Å²) in [5, 5.41) is 2.71.